The molecule has 2 aliphatic rings. The summed E-state index contributed by atoms with van der Waals surface area (Å²) in [6, 6.07) is 0.532. The lowest BCUT2D eigenvalue weighted by Gasteiger charge is -2.38. The van der Waals surface area contributed by atoms with Crippen molar-refractivity contribution in [2.45, 2.75) is 76.0 Å². The second-order valence-electron chi connectivity index (χ2n) is 6.53. The molecule has 3 heteroatoms. The second-order valence-corrected chi connectivity index (χ2v) is 6.53. The van der Waals surface area contributed by atoms with Crippen molar-refractivity contribution in [3.8, 4) is 0 Å². The quantitative estimate of drug-likeness (QED) is 0.811. The Balaban J connectivity index is 1.76. The van der Waals surface area contributed by atoms with Gasteiger partial charge in [-0.15, -0.1) is 0 Å². The number of aliphatic hydroxyl groups is 1. The van der Waals surface area contributed by atoms with Crippen molar-refractivity contribution >= 4 is 0 Å². The normalized spacial score (nSPS) is 41.8. The molecule has 0 aromatic heterocycles. The van der Waals surface area contributed by atoms with E-state index in [1.54, 1.807) is 0 Å². The van der Waals surface area contributed by atoms with E-state index in [4.69, 9.17) is 4.74 Å². The molecule has 2 N–H and O–H groups in total. The fourth-order valence-electron chi connectivity index (χ4n) is 3.67. The molecule has 0 aliphatic heterocycles. The average Bonchev–Trinajstić information content (AvgIpc) is 2.37. The van der Waals surface area contributed by atoms with Crippen LogP contribution >= 0.6 is 0 Å². The molecule has 0 saturated heterocycles. The van der Waals surface area contributed by atoms with Crippen molar-refractivity contribution in [2.75, 3.05) is 13.7 Å². The van der Waals surface area contributed by atoms with E-state index in [1.807, 2.05) is 7.11 Å². The molecule has 0 radical (unpaired) electrons. The number of ether oxygens (including phenoxy) is 1. The van der Waals surface area contributed by atoms with Gasteiger partial charge in [-0.2, -0.15) is 0 Å². The summed E-state index contributed by atoms with van der Waals surface area (Å²) >= 11 is 0. The minimum atomic E-state index is -0.461. The van der Waals surface area contributed by atoms with Crippen molar-refractivity contribution in [1.29, 1.82) is 0 Å². The van der Waals surface area contributed by atoms with Crippen molar-refractivity contribution in [1.82, 2.24) is 5.32 Å². The van der Waals surface area contributed by atoms with E-state index in [9.17, 15) is 5.11 Å². The first-order chi connectivity index (χ1) is 8.61. The molecule has 2 aliphatic carbocycles. The predicted octanol–water partition coefficient (Wildman–Crippen LogP) is 2.47. The summed E-state index contributed by atoms with van der Waals surface area (Å²) in [6.45, 7) is 3.02. The lowest BCUT2D eigenvalue weighted by atomic mass is 9.78. The minimum Gasteiger partial charge on any atom is -0.389 e. The maximum atomic E-state index is 10.6. The van der Waals surface area contributed by atoms with Gasteiger partial charge in [-0.05, 0) is 44.4 Å². The zero-order valence-electron chi connectivity index (χ0n) is 12.0. The highest BCUT2D eigenvalue weighted by molar-refractivity contribution is 4.89. The van der Waals surface area contributed by atoms with Gasteiger partial charge in [-0.3, -0.25) is 0 Å². The largest absolute Gasteiger partial charge is 0.389 e. The maximum absolute atomic E-state index is 10.6. The molecular formula is C15H29NO2. The minimum absolute atomic E-state index is 0.413. The Bertz CT molecular complexity index is 259. The van der Waals surface area contributed by atoms with Crippen LogP contribution in [0, 0.1) is 5.92 Å². The molecule has 2 saturated carbocycles. The van der Waals surface area contributed by atoms with Gasteiger partial charge in [-0.25, -0.2) is 0 Å². The molecule has 106 valence electrons. The lowest BCUT2D eigenvalue weighted by molar-refractivity contribution is -0.0178. The highest BCUT2D eigenvalue weighted by Gasteiger charge is 2.33. The van der Waals surface area contributed by atoms with Crippen LogP contribution in [-0.4, -0.2) is 36.5 Å². The van der Waals surface area contributed by atoms with Gasteiger partial charge in [0.2, 0.25) is 0 Å². The van der Waals surface area contributed by atoms with Gasteiger partial charge < -0.3 is 15.2 Å². The Morgan fingerprint density at radius 1 is 1.28 bits per heavy atom. The van der Waals surface area contributed by atoms with Gasteiger partial charge in [-0.1, -0.05) is 19.8 Å². The predicted molar refractivity (Wildman–Crippen MR) is 73.6 cm³/mol. The van der Waals surface area contributed by atoms with Gasteiger partial charge in [0, 0.05) is 19.7 Å². The van der Waals surface area contributed by atoms with Crippen LogP contribution < -0.4 is 5.32 Å². The molecule has 0 bridgehead atoms. The van der Waals surface area contributed by atoms with Crippen molar-refractivity contribution in [2.24, 2.45) is 5.92 Å². The standard InChI is InChI=1S/C15H29NO2/c1-12-5-4-8-15(17,10-12)11-16-13-6-3-7-14(9-13)18-2/h12-14,16-17H,3-11H2,1-2H3. The highest BCUT2D eigenvalue weighted by atomic mass is 16.5. The molecule has 4 atom stereocenters. The van der Waals surface area contributed by atoms with Gasteiger partial charge >= 0.3 is 0 Å². The third-order valence-electron chi connectivity index (χ3n) is 4.75. The molecular weight excluding hydrogens is 226 g/mol. The molecule has 0 amide bonds. The molecule has 4 unspecified atom stereocenters. The molecule has 0 heterocycles. The summed E-state index contributed by atoms with van der Waals surface area (Å²) in [4.78, 5) is 0. The van der Waals surface area contributed by atoms with Crippen LogP contribution in [0.5, 0.6) is 0 Å². The summed E-state index contributed by atoms with van der Waals surface area (Å²) in [5, 5.41) is 14.2. The first kappa shape index (κ1) is 14.3. The van der Waals surface area contributed by atoms with Crippen LogP contribution in [0.1, 0.15) is 58.3 Å². The van der Waals surface area contributed by atoms with Gasteiger partial charge in [0.05, 0.1) is 11.7 Å². The van der Waals surface area contributed by atoms with Crippen LogP contribution in [0.3, 0.4) is 0 Å². The number of hydrogen-bond donors (Lipinski definition) is 2. The van der Waals surface area contributed by atoms with Crippen LogP contribution in [-0.2, 0) is 4.74 Å². The van der Waals surface area contributed by atoms with Crippen molar-refractivity contribution in [3.05, 3.63) is 0 Å². The molecule has 2 rings (SSSR count). The zero-order valence-corrected chi connectivity index (χ0v) is 12.0. The first-order valence-electron chi connectivity index (χ1n) is 7.60. The second kappa shape index (κ2) is 6.36. The highest BCUT2D eigenvalue weighted by Crippen LogP contribution is 2.32. The van der Waals surface area contributed by atoms with E-state index in [0.717, 1.165) is 25.8 Å². The van der Waals surface area contributed by atoms with Crippen molar-refractivity contribution < 1.29 is 9.84 Å². The third kappa shape index (κ3) is 3.94. The number of rotatable bonds is 4. The fourth-order valence-corrected chi connectivity index (χ4v) is 3.67. The Hall–Kier alpha value is -0.120. The van der Waals surface area contributed by atoms with Gasteiger partial charge in [0.1, 0.15) is 0 Å². The molecule has 18 heavy (non-hydrogen) atoms. The first-order valence-corrected chi connectivity index (χ1v) is 7.60. The summed E-state index contributed by atoms with van der Waals surface area (Å²) in [6.07, 6.45) is 9.54. The fraction of sp³-hybridized carbons (Fsp3) is 1.00. The molecule has 0 aromatic carbocycles. The monoisotopic (exact) mass is 255 g/mol. The zero-order chi connectivity index (χ0) is 13.0. The van der Waals surface area contributed by atoms with E-state index < -0.39 is 5.60 Å². The Labute approximate surface area is 111 Å². The Morgan fingerprint density at radius 2 is 2.11 bits per heavy atom. The van der Waals surface area contributed by atoms with Gasteiger partial charge in [0.25, 0.3) is 0 Å². The third-order valence-corrected chi connectivity index (χ3v) is 4.75. The SMILES string of the molecule is COC1CCCC(NCC2(O)CCCC(C)C2)C1. The molecule has 3 nitrogen and oxygen atoms in total. The molecule has 2 fully saturated rings. The van der Waals surface area contributed by atoms with E-state index in [-0.39, 0.29) is 0 Å². The summed E-state index contributed by atoms with van der Waals surface area (Å²) < 4.78 is 5.45. The maximum Gasteiger partial charge on any atom is 0.0774 e. The van der Waals surface area contributed by atoms with Crippen LogP contribution in [0.15, 0.2) is 0 Å². The van der Waals surface area contributed by atoms with Crippen LogP contribution in [0.2, 0.25) is 0 Å². The summed E-state index contributed by atoms with van der Waals surface area (Å²) in [7, 11) is 1.81. The lowest BCUT2D eigenvalue weighted by Crippen LogP contribution is -2.48. The Kier molecular flexibility index (Phi) is 5.05. The average molecular weight is 255 g/mol. The Morgan fingerprint density at radius 3 is 2.83 bits per heavy atom. The molecule has 0 spiro atoms. The van der Waals surface area contributed by atoms with E-state index in [0.29, 0.717) is 18.1 Å². The van der Waals surface area contributed by atoms with Gasteiger partial charge in [0.15, 0.2) is 0 Å². The summed E-state index contributed by atoms with van der Waals surface area (Å²) in [5.74, 6) is 0.670. The number of hydrogen-bond acceptors (Lipinski definition) is 3. The summed E-state index contributed by atoms with van der Waals surface area (Å²) in [5.41, 5.74) is -0.461. The number of nitrogens with one attached hydrogen (secondary N) is 1. The smallest absolute Gasteiger partial charge is 0.0774 e. The van der Waals surface area contributed by atoms with Crippen LogP contribution in [0.25, 0.3) is 0 Å². The van der Waals surface area contributed by atoms with E-state index in [1.165, 1.54) is 32.1 Å². The topological polar surface area (TPSA) is 41.5 Å². The van der Waals surface area contributed by atoms with Crippen LogP contribution in [0.4, 0.5) is 0 Å². The van der Waals surface area contributed by atoms with Crippen molar-refractivity contribution in [3.63, 3.8) is 0 Å². The molecule has 0 aromatic rings. The number of methoxy groups -OCH3 is 1. The van der Waals surface area contributed by atoms with E-state index >= 15 is 0 Å². The van der Waals surface area contributed by atoms with E-state index in [2.05, 4.69) is 12.2 Å².